The van der Waals surface area contributed by atoms with Crippen molar-refractivity contribution in [2.75, 3.05) is 0 Å². The molecule has 0 aromatic carbocycles. The number of aliphatic hydroxyl groups is 1. The quantitative estimate of drug-likeness (QED) is 0.839. The van der Waals surface area contributed by atoms with Crippen LogP contribution in [0.2, 0.25) is 0 Å². The van der Waals surface area contributed by atoms with Crippen molar-refractivity contribution in [2.24, 2.45) is 7.05 Å². The molecule has 0 aliphatic carbocycles. The van der Waals surface area contributed by atoms with Crippen molar-refractivity contribution < 1.29 is 5.11 Å². The summed E-state index contributed by atoms with van der Waals surface area (Å²) in [6.07, 6.45) is 4.27. The van der Waals surface area contributed by atoms with Crippen LogP contribution in [-0.4, -0.2) is 23.6 Å². The molecule has 5 nitrogen and oxygen atoms in total. The monoisotopic (exact) mass is 224 g/mol. The van der Waals surface area contributed by atoms with Crippen LogP contribution in [0.5, 0.6) is 0 Å². The van der Waals surface area contributed by atoms with Crippen LogP contribution in [0.4, 0.5) is 0 Å². The normalized spacial score (nSPS) is 12.9. The lowest BCUT2D eigenvalue weighted by Crippen LogP contribution is -2.03. The minimum atomic E-state index is -0.529. The van der Waals surface area contributed by atoms with Crippen molar-refractivity contribution in [1.82, 2.24) is 18.5 Å². The van der Waals surface area contributed by atoms with E-state index in [1.165, 1.54) is 0 Å². The molecular formula is C9H12N4OS. The van der Waals surface area contributed by atoms with Gasteiger partial charge in [0.15, 0.2) is 0 Å². The summed E-state index contributed by atoms with van der Waals surface area (Å²) < 4.78 is 9.67. The van der Waals surface area contributed by atoms with Crippen LogP contribution >= 0.6 is 11.7 Å². The van der Waals surface area contributed by atoms with Crippen LogP contribution in [0.1, 0.15) is 23.9 Å². The summed E-state index contributed by atoms with van der Waals surface area (Å²) in [7, 11) is 1.89. The third kappa shape index (κ3) is 2.40. The SMILES string of the molecule is Cn1nccc1CCC(O)c1cnsn1. The molecule has 15 heavy (non-hydrogen) atoms. The van der Waals surface area contributed by atoms with E-state index >= 15 is 0 Å². The topological polar surface area (TPSA) is 63.8 Å². The summed E-state index contributed by atoms with van der Waals surface area (Å²) in [6, 6.07) is 1.95. The predicted molar refractivity (Wildman–Crippen MR) is 56.4 cm³/mol. The van der Waals surface area contributed by atoms with E-state index in [4.69, 9.17) is 0 Å². The smallest absolute Gasteiger partial charge is 0.103 e. The summed E-state index contributed by atoms with van der Waals surface area (Å²) in [6.45, 7) is 0. The van der Waals surface area contributed by atoms with E-state index in [-0.39, 0.29) is 0 Å². The Balaban J connectivity index is 1.91. The first-order valence-electron chi connectivity index (χ1n) is 4.70. The Hall–Kier alpha value is -1.27. The van der Waals surface area contributed by atoms with Crippen molar-refractivity contribution in [3.05, 3.63) is 29.8 Å². The highest BCUT2D eigenvalue weighted by Gasteiger charge is 2.11. The van der Waals surface area contributed by atoms with Crippen LogP contribution < -0.4 is 0 Å². The van der Waals surface area contributed by atoms with E-state index < -0.39 is 6.10 Å². The lowest BCUT2D eigenvalue weighted by molar-refractivity contribution is 0.163. The van der Waals surface area contributed by atoms with Gasteiger partial charge < -0.3 is 5.11 Å². The predicted octanol–water partition coefficient (Wildman–Crippen LogP) is 0.938. The second-order valence-electron chi connectivity index (χ2n) is 3.33. The van der Waals surface area contributed by atoms with Crippen LogP contribution in [-0.2, 0) is 13.5 Å². The first kappa shape index (κ1) is 10.3. The van der Waals surface area contributed by atoms with Crippen LogP contribution in [0, 0.1) is 0 Å². The first-order chi connectivity index (χ1) is 7.27. The Morgan fingerprint density at radius 3 is 3.07 bits per heavy atom. The fraction of sp³-hybridized carbons (Fsp3) is 0.444. The molecule has 0 fully saturated rings. The van der Waals surface area contributed by atoms with Gasteiger partial charge in [-0.3, -0.25) is 4.68 Å². The highest BCUT2D eigenvalue weighted by molar-refractivity contribution is 6.99. The van der Waals surface area contributed by atoms with Gasteiger partial charge in [-0.05, 0) is 18.9 Å². The van der Waals surface area contributed by atoms with E-state index in [0.29, 0.717) is 12.1 Å². The van der Waals surface area contributed by atoms with Crippen molar-refractivity contribution in [3.8, 4) is 0 Å². The maximum Gasteiger partial charge on any atom is 0.103 e. The highest BCUT2D eigenvalue weighted by atomic mass is 32.1. The van der Waals surface area contributed by atoms with Gasteiger partial charge in [0.05, 0.1) is 24.0 Å². The molecule has 1 unspecified atom stereocenters. The van der Waals surface area contributed by atoms with Gasteiger partial charge in [-0.15, -0.1) is 0 Å². The Labute approximate surface area is 91.7 Å². The van der Waals surface area contributed by atoms with Crippen molar-refractivity contribution in [2.45, 2.75) is 18.9 Å². The number of nitrogens with zero attached hydrogens (tertiary/aromatic N) is 4. The average Bonchev–Trinajstić information content (AvgIpc) is 2.85. The highest BCUT2D eigenvalue weighted by Crippen LogP contribution is 2.16. The number of aryl methyl sites for hydroxylation is 2. The molecule has 2 aromatic heterocycles. The van der Waals surface area contributed by atoms with Gasteiger partial charge in [0.25, 0.3) is 0 Å². The van der Waals surface area contributed by atoms with Gasteiger partial charge in [0, 0.05) is 18.9 Å². The third-order valence-electron chi connectivity index (χ3n) is 2.32. The van der Waals surface area contributed by atoms with E-state index in [2.05, 4.69) is 13.8 Å². The summed E-state index contributed by atoms with van der Waals surface area (Å²) in [5.74, 6) is 0. The van der Waals surface area contributed by atoms with E-state index in [1.807, 2.05) is 17.8 Å². The molecule has 0 bridgehead atoms. The zero-order valence-corrected chi connectivity index (χ0v) is 9.18. The number of hydrogen-bond acceptors (Lipinski definition) is 5. The van der Waals surface area contributed by atoms with Crippen LogP contribution in [0.3, 0.4) is 0 Å². The maximum atomic E-state index is 9.77. The molecule has 0 saturated heterocycles. The lowest BCUT2D eigenvalue weighted by atomic mass is 10.1. The standard InChI is InChI=1S/C9H12N4OS/c1-13-7(4-5-10-13)2-3-9(14)8-6-11-15-12-8/h4-6,9,14H,2-3H2,1H3. The summed E-state index contributed by atoms with van der Waals surface area (Å²) in [5, 5.41) is 13.8. The van der Waals surface area contributed by atoms with E-state index in [9.17, 15) is 5.11 Å². The second-order valence-corrected chi connectivity index (χ2v) is 3.89. The van der Waals surface area contributed by atoms with Crippen LogP contribution in [0.25, 0.3) is 0 Å². The summed E-state index contributed by atoms with van der Waals surface area (Å²) >= 11 is 1.12. The third-order valence-corrected chi connectivity index (χ3v) is 2.81. The number of aliphatic hydroxyl groups excluding tert-OH is 1. The Kier molecular flexibility index (Phi) is 3.08. The van der Waals surface area contributed by atoms with Gasteiger partial charge in [-0.1, -0.05) is 0 Å². The van der Waals surface area contributed by atoms with Crippen molar-refractivity contribution >= 4 is 11.7 Å². The zero-order chi connectivity index (χ0) is 10.7. The Morgan fingerprint density at radius 2 is 2.47 bits per heavy atom. The molecule has 1 N–H and O–H groups in total. The second kappa shape index (κ2) is 4.50. The molecule has 2 rings (SSSR count). The largest absolute Gasteiger partial charge is 0.387 e. The number of hydrogen-bond donors (Lipinski definition) is 1. The molecule has 0 radical (unpaired) electrons. The Bertz CT molecular complexity index is 411. The van der Waals surface area contributed by atoms with E-state index in [0.717, 1.165) is 23.8 Å². The van der Waals surface area contributed by atoms with Gasteiger partial charge in [-0.2, -0.15) is 13.8 Å². The number of aromatic nitrogens is 4. The molecule has 80 valence electrons. The minimum absolute atomic E-state index is 0.529. The molecule has 0 saturated carbocycles. The minimum Gasteiger partial charge on any atom is -0.387 e. The van der Waals surface area contributed by atoms with Crippen molar-refractivity contribution in [1.29, 1.82) is 0 Å². The van der Waals surface area contributed by atoms with Gasteiger partial charge >= 0.3 is 0 Å². The fourth-order valence-corrected chi connectivity index (χ4v) is 1.86. The van der Waals surface area contributed by atoms with Crippen LogP contribution in [0.15, 0.2) is 18.5 Å². The molecule has 2 heterocycles. The molecule has 0 amide bonds. The van der Waals surface area contributed by atoms with Gasteiger partial charge in [-0.25, -0.2) is 0 Å². The lowest BCUT2D eigenvalue weighted by Gasteiger charge is -2.06. The maximum absolute atomic E-state index is 9.77. The van der Waals surface area contributed by atoms with E-state index in [1.54, 1.807) is 12.4 Å². The van der Waals surface area contributed by atoms with Gasteiger partial charge in [0.2, 0.25) is 0 Å². The molecule has 0 spiro atoms. The Morgan fingerprint density at radius 1 is 1.60 bits per heavy atom. The molecule has 2 aromatic rings. The molecule has 6 heteroatoms. The number of rotatable bonds is 4. The molecule has 0 aliphatic rings. The molecule has 1 atom stereocenters. The van der Waals surface area contributed by atoms with Gasteiger partial charge in [0.1, 0.15) is 5.69 Å². The summed E-state index contributed by atoms with van der Waals surface area (Å²) in [5.41, 5.74) is 1.76. The first-order valence-corrected chi connectivity index (χ1v) is 5.43. The zero-order valence-electron chi connectivity index (χ0n) is 8.37. The fourth-order valence-electron chi connectivity index (χ4n) is 1.40. The summed E-state index contributed by atoms with van der Waals surface area (Å²) in [4.78, 5) is 0. The average molecular weight is 224 g/mol. The molecular weight excluding hydrogens is 212 g/mol. The van der Waals surface area contributed by atoms with Crippen molar-refractivity contribution in [3.63, 3.8) is 0 Å². The molecule has 0 aliphatic heterocycles.